The monoisotopic (exact) mass is 318 g/mol. The van der Waals surface area contributed by atoms with Gasteiger partial charge in [0, 0.05) is 24.7 Å². The summed E-state index contributed by atoms with van der Waals surface area (Å²) in [6, 6.07) is 7.08. The first kappa shape index (κ1) is 15.7. The van der Waals surface area contributed by atoms with Crippen molar-refractivity contribution in [2.45, 2.75) is 32.6 Å². The summed E-state index contributed by atoms with van der Waals surface area (Å²) in [5.41, 5.74) is 0.868. The summed E-state index contributed by atoms with van der Waals surface area (Å²) >= 11 is 5.79. The van der Waals surface area contributed by atoms with Crippen LogP contribution in [0.3, 0.4) is 0 Å². The van der Waals surface area contributed by atoms with E-state index >= 15 is 0 Å². The second-order valence-corrected chi connectivity index (χ2v) is 7.22. The summed E-state index contributed by atoms with van der Waals surface area (Å²) in [4.78, 5) is 0. The number of nitrogens with zero attached hydrogens (tertiary/aromatic N) is 1. The predicted molar refractivity (Wildman–Crippen MR) is 78.8 cm³/mol. The summed E-state index contributed by atoms with van der Waals surface area (Å²) in [6.07, 6.45) is -0.184. The van der Waals surface area contributed by atoms with Gasteiger partial charge in [-0.3, -0.25) is 0 Å². The van der Waals surface area contributed by atoms with Crippen LogP contribution in [0.5, 0.6) is 0 Å². The van der Waals surface area contributed by atoms with Crippen LogP contribution >= 0.6 is 11.6 Å². The van der Waals surface area contributed by atoms with Crippen molar-refractivity contribution in [3.05, 3.63) is 34.9 Å². The highest BCUT2D eigenvalue weighted by Crippen LogP contribution is 2.14. The van der Waals surface area contributed by atoms with Crippen molar-refractivity contribution in [2.75, 3.05) is 13.1 Å². The van der Waals surface area contributed by atoms with E-state index in [-0.39, 0.29) is 18.8 Å². The van der Waals surface area contributed by atoms with Crippen LogP contribution in [0.2, 0.25) is 5.02 Å². The average Bonchev–Trinajstić information content (AvgIpc) is 2.37. The first-order chi connectivity index (χ1) is 9.37. The van der Waals surface area contributed by atoms with Gasteiger partial charge in [-0.05, 0) is 31.5 Å². The third-order valence-electron chi connectivity index (χ3n) is 3.10. The van der Waals surface area contributed by atoms with E-state index in [4.69, 9.17) is 16.3 Å². The number of ether oxygens (including phenoxy) is 1. The van der Waals surface area contributed by atoms with E-state index in [1.807, 2.05) is 13.8 Å². The molecular weight excluding hydrogens is 300 g/mol. The van der Waals surface area contributed by atoms with Crippen molar-refractivity contribution < 1.29 is 13.2 Å². The van der Waals surface area contributed by atoms with Crippen molar-refractivity contribution in [1.29, 1.82) is 0 Å². The lowest BCUT2D eigenvalue weighted by atomic mass is 10.2. The maximum absolute atomic E-state index is 12.3. The molecular formula is C13H19ClN2O3S. The summed E-state index contributed by atoms with van der Waals surface area (Å²) in [5.74, 6) is 0. The third-order valence-corrected chi connectivity index (χ3v) is 4.84. The molecule has 2 unspecified atom stereocenters. The first-order valence-corrected chi connectivity index (χ1v) is 8.33. The number of hydrogen-bond acceptors (Lipinski definition) is 3. The first-order valence-electron chi connectivity index (χ1n) is 6.51. The molecule has 1 heterocycles. The topological polar surface area (TPSA) is 58.6 Å². The summed E-state index contributed by atoms with van der Waals surface area (Å²) in [7, 11) is -3.49. The van der Waals surface area contributed by atoms with Crippen molar-refractivity contribution in [3.8, 4) is 0 Å². The Balaban J connectivity index is 1.98. The Labute approximate surface area is 125 Å². The van der Waals surface area contributed by atoms with Crippen LogP contribution in [0.15, 0.2) is 24.3 Å². The minimum absolute atomic E-state index is 0.0918. The maximum Gasteiger partial charge on any atom is 0.279 e. The highest BCUT2D eigenvalue weighted by molar-refractivity contribution is 7.87. The van der Waals surface area contributed by atoms with E-state index in [9.17, 15) is 8.42 Å². The highest BCUT2D eigenvalue weighted by Gasteiger charge is 2.30. The fraction of sp³-hybridized carbons (Fsp3) is 0.538. The molecule has 1 fully saturated rings. The van der Waals surface area contributed by atoms with Crippen LogP contribution in [0.25, 0.3) is 0 Å². The molecule has 2 atom stereocenters. The molecule has 20 heavy (non-hydrogen) atoms. The van der Waals surface area contributed by atoms with Gasteiger partial charge in [0.1, 0.15) is 0 Å². The van der Waals surface area contributed by atoms with E-state index < -0.39 is 10.2 Å². The van der Waals surface area contributed by atoms with Gasteiger partial charge in [-0.15, -0.1) is 0 Å². The van der Waals surface area contributed by atoms with Crippen LogP contribution in [0, 0.1) is 0 Å². The zero-order valence-electron chi connectivity index (χ0n) is 11.5. The van der Waals surface area contributed by atoms with Gasteiger partial charge in [-0.25, -0.2) is 0 Å². The molecule has 0 radical (unpaired) electrons. The number of benzene rings is 1. The minimum Gasteiger partial charge on any atom is -0.373 e. The molecule has 112 valence electrons. The largest absolute Gasteiger partial charge is 0.373 e. The lowest BCUT2D eigenvalue weighted by molar-refractivity contribution is -0.0444. The van der Waals surface area contributed by atoms with Crippen LogP contribution in [-0.2, 0) is 21.5 Å². The van der Waals surface area contributed by atoms with Crippen LogP contribution < -0.4 is 4.72 Å². The third kappa shape index (κ3) is 4.17. The van der Waals surface area contributed by atoms with Gasteiger partial charge in [-0.1, -0.05) is 23.7 Å². The zero-order chi connectivity index (χ0) is 14.8. The SMILES string of the molecule is CC1CN(S(=O)(=O)NCc2ccc(Cl)cc2)CC(C)O1. The fourth-order valence-electron chi connectivity index (χ4n) is 2.20. The standard InChI is InChI=1S/C13H19ClN2O3S/c1-10-8-16(9-11(2)19-10)20(17,18)15-7-12-3-5-13(14)6-4-12/h3-6,10-11,15H,7-9H2,1-2H3. The second kappa shape index (κ2) is 6.41. The molecule has 1 aliphatic rings. The number of halogens is 1. The van der Waals surface area contributed by atoms with E-state index in [0.29, 0.717) is 18.1 Å². The Morgan fingerprint density at radius 2 is 1.80 bits per heavy atom. The Hall–Kier alpha value is -0.660. The molecule has 7 heteroatoms. The van der Waals surface area contributed by atoms with Gasteiger partial charge in [-0.2, -0.15) is 17.4 Å². The molecule has 2 rings (SSSR count). The van der Waals surface area contributed by atoms with E-state index in [1.54, 1.807) is 24.3 Å². The Bertz CT molecular complexity index is 537. The van der Waals surface area contributed by atoms with E-state index in [2.05, 4.69) is 4.72 Å². The Morgan fingerprint density at radius 3 is 2.35 bits per heavy atom. The number of morpholine rings is 1. The molecule has 1 saturated heterocycles. The van der Waals surface area contributed by atoms with Gasteiger partial charge >= 0.3 is 0 Å². The summed E-state index contributed by atoms with van der Waals surface area (Å²) in [6.45, 7) is 4.74. The van der Waals surface area contributed by atoms with Crippen molar-refractivity contribution in [1.82, 2.24) is 9.03 Å². The Morgan fingerprint density at radius 1 is 1.25 bits per heavy atom. The lowest BCUT2D eigenvalue weighted by Gasteiger charge is -2.34. The molecule has 5 nitrogen and oxygen atoms in total. The van der Waals surface area contributed by atoms with Crippen LogP contribution in [0.4, 0.5) is 0 Å². The molecule has 1 aromatic rings. The molecule has 0 saturated carbocycles. The maximum atomic E-state index is 12.3. The molecule has 0 amide bonds. The molecule has 0 bridgehead atoms. The van der Waals surface area contributed by atoms with Crippen LogP contribution in [0.1, 0.15) is 19.4 Å². The van der Waals surface area contributed by atoms with Crippen LogP contribution in [-0.4, -0.2) is 38.0 Å². The second-order valence-electron chi connectivity index (χ2n) is 5.03. The van der Waals surface area contributed by atoms with E-state index in [0.717, 1.165) is 5.56 Å². The molecule has 0 aromatic heterocycles. The van der Waals surface area contributed by atoms with Gasteiger partial charge in [0.2, 0.25) is 0 Å². The fourth-order valence-corrected chi connectivity index (χ4v) is 3.67. The number of rotatable bonds is 4. The Kier molecular flexibility index (Phi) is 5.04. The van der Waals surface area contributed by atoms with Crippen molar-refractivity contribution in [2.24, 2.45) is 0 Å². The summed E-state index contributed by atoms with van der Waals surface area (Å²) in [5, 5.41) is 0.632. The number of nitrogens with one attached hydrogen (secondary N) is 1. The number of hydrogen-bond donors (Lipinski definition) is 1. The van der Waals surface area contributed by atoms with E-state index in [1.165, 1.54) is 4.31 Å². The average molecular weight is 319 g/mol. The normalized spacial score (nSPS) is 24.8. The molecule has 1 aliphatic heterocycles. The van der Waals surface area contributed by atoms with Crippen molar-refractivity contribution in [3.63, 3.8) is 0 Å². The van der Waals surface area contributed by atoms with Crippen molar-refractivity contribution >= 4 is 21.8 Å². The quantitative estimate of drug-likeness (QED) is 0.920. The van der Waals surface area contributed by atoms with Gasteiger partial charge in [0.15, 0.2) is 0 Å². The van der Waals surface area contributed by atoms with Gasteiger partial charge in [0.25, 0.3) is 10.2 Å². The highest BCUT2D eigenvalue weighted by atomic mass is 35.5. The molecule has 0 aliphatic carbocycles. The predicted octanol–water partition coefficient (Wildman–Crippen LogP) is 1.78. The minimum atomic E-state index is -3.49. The molecule has 1 N–H and O–H groups in total. The molecule has 0 spiro atoms. The zero-order valence-corrected chi connectivity index (χ0v) is 13.1. The summed E-state index contributed by atoms with van der Waals surface area (Å²) < 4.78 is 34.1. The lowest BCUT2D eigenvalue weighted by Crippen LogP contribution is -2.51. The molecule has 1 aromatic carbocycles. The van der Waals surface area contributed by atoms with Gasteiger partial charge < -0.3 is 4.74 Å². The van der Waals surface area contributed by atoms with Gasteiger partial charge in [0.05, 0.1) is 12.2 Å². The smallest absolute Gasteiger partial charge is 0.279 e.